The first-order chi connectivity index (χ1) is 30.5. The number of esters is 3. The van der Waals surface area contributed by atoms with Gasteiger partial charge in [-0.3, -0.25) is 14.4 Å². The van der Waals surface area contributed by atoms with Crippen molar-refractivity contribution in [1.82, 2.24) is 0 Å². The lowest BCUT2D eigenvalue weighted by Gasteiger charge is -2.49. The smallest absolute Gasteiger partial charge is 0.405 e. The quantitative estimate of drug-likeness (QED) is 0.0885. The Morgan fingerprint density at radius 3 is 1.40 bits per heavy atom. The Balaban J connectivity index is 1.43. The van der Waals surface area contributed by atoms with E-state index in [1.165, 1.54) is 6.92 Å². The molecule has 0 aliphatic carbocycles. The van der Waals surface area contributed by atoms with Gasteiger partial charge in [0.2, 0.25) is 0 Å². The highest BCUT2D eigenvalue weighted by atomic mass is 16.8. The molecule has 0 bridgehead atoms. The highest BCUT2D eigenvalue weighted by Gasteiger charge is 2.57. The van der Waals surface area contributed by atoms with E-state index in [0.29, 0.717) is 0 Å². The molecular formula is C47H53NO15. The Bertz CT molecular complexity index is 2030. The Hall–Kier alpha value is -5.72. The summed E-state index contributed by atoms with van der Waals surface area (Å²) in [7, 11) is 0. The molecule has 10 atom stereocenters. The minimum atomic E-state index is -1.65. The summed E-state index contributed by atoms with van der Waals surface area (Å²) in [5.41, 5.74) is 8.99. The number of amides is 1. The zero-order valence-corrected chi connectivity index (χ0v) is 35.3. The molecule has 2 unspecified atom stereocenters. The van der Waals surface area contributed by atoms with E-state index in [9.17, 15) is 19.2 Å². The van der Waals surface area contributed by atoms with E-state index in [0.717, 1.165) is 36.1 Å². The standard InChI is InChI=1S/C47H53NO15/c1-30(49)54-29-38-40(58-31(2)50)42(63-47(48)52)44(59-32(3)51)46(61-38)62-43-41(56-26-35-20-12-6-13-21-35)39(55-25-34-18-10-5-11-19-34)37(28-53-24-33-16-8-4-9-17-33)60-45(43)57-27-36-22-14-7-15-23-36/h4-23,37-46H,24-29H2,1-3H3,(H2,48,52)/t37-,38+,39-,40+,41-,42-,43-,44?,45?,46+/m0/s1. The van der Waals surface area contributed by atoms with Gasteiger partial charge in [-0.05, 0) is 22.3 Å². The van der Waals surface area contributed by atoms with Crippen molar-refractivity contribution in [2.75, 3.05) is 13.2 Å². The average Bonchev–Trinajstić information content (AvgIpc) is 3.27. The molecule has 0 spiro atoms. The number of carbonyl (C=O) groups excluding carboxylic acids is 4. The molecule has 4 aromatic rings. The van der Waals surface area contributed by atoms with Crippen LogP contribution in [0.2, 0.25) is 0 Å². The topological polar surface area (TPSA) is 196 Å². The van der Waals surface area contributed by atoms with Gasteiger partial charge >= 0.3 is 24.0 Å². The molecule has 63 heavy (non-hydrogen) atoms. The van der Waals surface area contributed by atoms with E-state index >= 15 is 0 Å². The molecule has 1 amide bonds. The van der Waals surface area contributed by atoms with E-state index in [1.807, 2.05) is 121 Å². The van der Waals surface area contributed by atoms with Crippen molar-refractivity contribution in [2.45, 2.75) is 109 Å². The van der Waals surface area contributed by atoms with Crippen molar-refractivity contribution >= 4 is 24.0 Å². The first-order valence-electron chi connectivity index (χ1n) is 20.5. The molecule has 2 N–H and O–H groups in total. The number of benzene rings is 4. The van der Waals surface area contributed by atoms with Crippen LogP contribution in [-0.2, 0) is 92.9 Å². The molecule has 16 heteroatoms. The third-order valence-corrected chi connectivity index (χ3v) is 10.0. The van der Waals surface area contributed by atoms with E-state index in [4.69, 9.17) is 57.8 Å². The van der Waals surface area contributed by atoms with Crippen LogP contribution in [0.4, 0.5) is 4.79 Å². The fourth-order valence-electron chi connectivity index (χ4n) is 7.23. The Kier molecular flexibility index (Phi) is 17.6. The highest BCUT2D eigenvalue weighted by molar-refractivity contribution is 5.68. The molecule has 336 valence electrons. The second-order valence-corrected chi connectivity index (χ2v) is 14.9. The molecule has 6 rings (SSSR count). The van der Waals surface area contributed by atoms with Gasteiger partial charge in [-0.2, -0.15) is 0 Å². The summed E-state index contributed by atoms with van der Waals surface area (Å²) in [6, 6.07) is 38.1. The van der Waals surface area contributed by atoms with Crippen LogP contribution in [0.25, 0.3) is 0 Å². The molecule has 0 saturated carbocycles. The first-order valence-corrected chi connectivity index (χ1v) is 20.5. The number of carbonyl (C=O) groups is 4. The number of hydrogen-bond acceptors (Lipinski definition) is 15. The summed E-state index contributed by atoms with van der Waals surface area (Å²) in [5.74, 6) is -2.32. The molecule has 16 nitrogen and oxygen atoms in total. The summed E-state index contributed by atoms with van der Waals surface area (Å²) in [4.78, 5) is 49.7. The molecule has 2 aliphatic rings. The molecular weight excluding hydrogens is 819 g/mol. The van der Waals surface area contributed by atoms with Crippen LogP contribution in [0, 0.1) is 0 Å². The second kappa shape index (κ2) is 23.6. The minimum absolute atomic E-state index is 0.0382. The van der Waals surface area contributed by atoms with Gasteiger partial charge in [-0.15, -0.1) is 0 Å². The number of rotatable bonds is 20. The molecule has 0 aromatic heterocycles. The van der Waals surface area contributed by atoms with Gasteiger partial charge in [0.15, 0.2) is 30.9 Å². The zero-order valence-electron chi connectivity index (χ0n) is 35.3. The lowest BCUT2D eigenvalue weighted by Crippen LogP contribution is -2.67. The van der Waals surface area contributed by atoms with Crippen molar-refractivity contribution in [3.8, 4) is 0 Å². The first kappa shape index (κ1) is 46.8. The Labute approximate surface area is 365 Å². The van der Waals surface area contributed by atoms with Crippen molar-refractivity contribution in [3.63, 3.8) is 0 Å². The minimum Gasteiger partial charge on any atom is -0.463 e. The van der Waals surface area contributed by atoms with Crippen LogP contribution in [0.1, 0.15) is 43.0 Å². The zero-order chi connectivity index (χ0) is 44.6. The predicted molar refractivity (Wildman–Crippen MR) is 222 cm³/mol. The number of primary amides is 1. The van der Waals surface area contributed by atoms with Gasteiger partial charge < -0.3 is 57.8 Å². The normalized spacial score (nSPS) is 25.6. The molecule has 2 fully saturated rings. The fourth-order valence-corrected chi connectivity index (χ4v) is 7.23. The monoisotopic (exact) mass is 871 g/mol. The lowest BCUT2D eigenvalue weighted by atomic mass is 9.96. The van der Waals surface area contributed by atoms with Crippen LogP contribution in [0.15, 0.2) is 121 Å². The molecule has 2 heterocycles. The summed E-state index contributed by atoms with van der Waals surface area (Å²) in [6.07, 6.45) is -14.3. The molecule has 2 aliphatic heterocycles. The molecule has 4 aromatic carbocycles. The summed E-state index contributed by atoms with van der Waals surface area (Å²) in [6.45, 7) is 3.50. The summed E-state index contributed by atoms with van der Waals surface area (Å²) < 4.78 is 68.5. The highest BCUT2D eigenvalue weighted by Crippen LogP contribution is 2.36. The van der Waals surface area contributed by atoms with Crippen LogP contribution in [0.3, 0.4) is 0 Å². The van der Waals surface area contributed by atoms with Crippen LogP contribution in [0.5, 0.6) is 0 Å². The van der Waals surface area contributed by atoms with E-state index in [-0.39, 0.29) is 33.0 Å². The van der Waals surface area contributed by atoms with Gasteiger partial charge in [-0.1, -0.05) is 121 Å². The predicted octanol–water partition coefficient (Wildman–Crippen LogP) is 5.32. The third kappa shape index (κ3) is 14.1. The molecule has 2 saturated heterocycles. The number of hydrogen-bond donors (Lipinski definition) is 1. The maximum absolute atomic E-state index is 12.8. The molecule has 0 radical (unpaired) electrons. The van der Waals surface area contributed by atoms with Crippen molar-refractivity contribution in [3.05, 3.63) is 144 Å². The maximum Gasteiger partial charge on any atom is 0.405 e. The van der Waals surface area contributed by atoms with Gasteiger partial charge in [0, 0.05) is 20.8 Å². The third-order valence-electron chi connectivity index (χ3n) is 10.0. The SMILES string of the molecule is CC(=O)OC[C@H]1O[C@H](O[C@@H]2C(OCc3ccccc3)O[C@@H](COCc3ccccc3)[C@H](OCc3ccccc3)[C@@H]2OCc2ccccc2)C(OC(C)=O)[C@@H](OC(N)=O)[C@@H]1OC(C)=O. The lowest BCUT2D eigenvalue weighted by molar-refractivity contribution is -0.376. The van der Waals surface area contributed by atoms with Crippen molar-refractivity contribution < 1.29 is 71.3 Å². The fraction of sp³-hybridized carbons (Fsp3) is 0.404. The van der Waals surface area contributed by atoms with Gasteiger partial charge in [0.05, 0.1) is 33.0 Å². The van der Waals surface area contributed by atoms with Gasteiger partial charge in [0.1, 0.15) is 37.1 Å². The average molecular weight is 872 g/mol. The van der Waals surface area contributed by atoms with E-state index < -0.39 is 92.0 Å². The summed E-state index contributed by atoms with van der Waals surface area (Å²) in [5, 5.41) is 0. The second-order valence-electron chi connectivity index (χ2n) is 14.9. The Morgan fingerprint density at radius 2 is 0.905 bits per heavy atom. The van der Waals surface area contributed by atoms with E-state index in [2.05, 4.69) is 0 Å². The van der Waals surface area contributed by atoms with Crippen LogP contribution in [-0.4, -0.2) is 98.6 Å². The maximum atomic E-state index is 12.8. The largest absolute Gasteiger partial charge is 0.463 e. The van der Waals surface area contributed by atoms with Crippen molar-refractivity contribution in [2.24, 2.45) is 5.73 Å². The number of ether oxygens (including phenoxy) is 11. The van der Waals surface area contributed by atoms with Crippen molar-refractivity contribution in [1.29, 1.82) is 0 Å². The Morgan fingerprint density at radius 1 is 0.460 bits per heavy atom. The summed E-state index contributed by atoms with van der Waals surface area (Å²) >= 11 is 0. The van der Waals surface area contributed by atoms with Crippen LogP contribution >= 0.6 is 0 Å². The van der Waals surface area contributed by atoms with Gasteiger partial charge in [0.25, 0.3) is 0 Å². The van der Waals surface area contributed by atoms with E-state index in [1.54, 1.807) is 0 Å². The van der Waals surface area contributed by atoms with Crippen LogP contribution < -0.4 is 5.73 Å². The number of nitrogens with two attached hydrogens (primary N) is 1. The van der Waals surface area contributed by atoms with Gasteiger partial charge in [-0.25, -0.2) is 4.79 Å².